The molecule has 0 unspecified atom stereocenters. The van der Waals surface area contributed by atoms with Crippen molar-refractivity contribution < 1.29 is 0 Å². The molecule has 1 aliphatic rings. The van der Waals surface area contributed by atoms with Crippen molar-refractivity contribution in [3.8, 4) is 0 Å². The van der Waals surface area contributed by atoms with E-state index in [4.69, 9.17) is 11.6 Å². The Balaban J connectivity index is 2.04. The molecular formula is C14H21ClN2. The van der Waals surface area contributed by atoms with Gasteiger partial charge >= 0.3 is 0 Å². The van der Waals surface area contributed by atoms with Crippen LogP contribution in [0.5, 0.6) is 0 Å². The molecule has 2 rings (SSSR count). The summed E-state index contributed by atoms with van der Waals surface area (Å²) in [6, 6.07) is 7.13. The zero-order chi connectivity index (χ0) is 12.3. The van der Waals surface area contributed by atoms with Gasteiger partial charge in [0.1, 0.15) is 0 Å². The summed E-state index contributed by atoms with van der Waals surface area (Å²) in [5.74, 6) is 0. The minimum atomic E-state index is 0.730. The molecule has 2 nitrogen and oxygen atoms in total. The van der Waals surface area contributed by atoms with Gasteiger partial charge in [0.05, 0.1) is 0 Å². The van der Waals surface area contributed by atoms with E-state index >= 15 is 0 Å². The predicted molar refractivity (Wildman–Crippen MR) is 74.9 cm³/mol. The molecule has 0 saturated heterocycles. The first-order valence-electron chi connectivity index (χ1n) is 6.51. The molecule has 1 N–H and O–H groups in total. The summed E-state index contributed by atoms with van der Waals surface area (Å²) in [4.78, 5) is 2.31. The van der Waals surface area contributed by atoms with Gasteiger partial charge in [0.25, 0.3) is 0 Å². The van der Waals surface area contributed by atoms with Crippen LogP contribution in [-0.2, 0) is 6.54 Å². The Labute approximate surface area is 109 Å². The minimum absolute atomic E-state index is 0.730. The molecule has 0 spiro atoms. The smallest absolute Gasteiger partial charge is 0.0471 e. The first-order valence-corrected chi connectivity index (χ1v) is 6.89. The highest BCUT2D eigenvalue weighted by Gasteiger charge is 2.20. The Hall–Kier alpha value is -0.730. The predicted octanol–water partition coefficient (Wildman–Crippen LogP) is 3.44. The van der Waals surface area contributed by atoms with E-state index in [1.54, 1.807) is 0 Å². The molecule has 3 heteroatoms. The number of hydrogen-bond donors (Lipinski definition) is 1. The van der Waals surface area contributed by atoms with E-state index in [-0.39, 0.29) is 0 Å². The first kappa shape index (κ1) is 12.7. The fourth-order valence-electron chi connectivity index (χ4n) is 2.01. The van der Waals surface area contributed by atoms with E-state index in [0.29, 0.717) is 0 Å². The third-order valence-electron chi connectivity index (χ3n) is 3.32. The molecular weight excluding hydrogens is 232 g/mol. The molecule has 94 valence electrons. The highest BCUT2D eigenvalue weighted by molar-refractivity contribution is 6.31. The van der Waals surface area contributed by atoms with Gasteiger partial charge in [-0.05, 0) is 44.4 Å². The monoisotopic (exact) mass is 252 g/mol. The second kappa shape index (κ2) is 5.74. The second-order valence-corrected chi connectivity index (χ2v) is 5.01. The lowest BCUT2D eigenvalue weighted by molar-refractivity contribution is 0.688. The lowest BCUT2D eigenvalue weighted by Crippen LogP contribution is -2.22. The molecule has 1 aromatic rings. The average Bonchev–Trinajstić information content (AvgIpc) is 3.13. The number of hydrogen-bond acceptors (Lipinski definition) is 2. The lowest BCUT2D eigenvalue weighted by atomic mass is 10.2. The number of rotatable bonds is 6. The van der Waals surface area contributed by atoms with Crippen molar-refractivity contribution in [2.75, 3.05) is 18.0 Å². The van der Waals surface area contributed by atoms with Crippen LogP contribution in [0.3, 0.4) is 0 Å². The van der Waals surface area contributed by atoms with Crippen molar-refractivity contribution in [1.82, 2.24) is 5.32 Å². The van der Waals surface area contributed by atoms with E-state index in [0.717, 1.165) is 30.7 Å². The summed E-state index contributed by atoms with van der Waals surface area (Å²) in [6.45, 7) is 7.26. The summed E-state index contributed by atoms with van der Waals surface area (Å²) < 4.78 is 0. The molecule has 0 aromatic heterocycles. The molecule has 17 heavy (non-hydrogen) atoms. The van der Waals surface area contributed by atoms with Crippen molar-refractivity contribution in [3.05, 3.63) is 28.8 Å². The Bertz CT molecular complexity index is 370. The fourth-order valence-corrected chi connectivity index (χ4v) is 2.25. The van der Waals surface area contributed by atoms with Crippen LogP contribution in [0.25, 0.3) is 0 Å². The van der Waals surface area contributed by atoms with Gasteiger partial charge in [-0.1, -0.05) is 17.7 Å². The zero-order valence-electron chi connectivity index (χ0n) is 10.7. The third kappa shape index (κ3) is 3.36. The van der Waals surface area contributed by atoms with Gasteiger partial charge in [0.15, 0.2) is 0 Å². The number of benzene rings is 1. The van der Waals surface area contributed by atoms with E-state index < -0.39 is 0 Å². The number of nitrogens with zero attached hydrogens (tertiary/aromatic N) is 1. The zero-order valence-corrected chi connectivity index (χ0v) is 11.4. The van der Waals surface area contributed by atoms with E-state index in [1.165, 1.54) is 24.1 Å². The van der Waals surface area contributed by atoms with Gasteiger partial charge in [0, 0.05) is 36.4 Å². The van der Waals surface area contributed by atoms with Crippen LogP contribution >= 0.6 is 11.6 Å². The van der Waals surface area contributed by atoms with Crippen LogP contribution in [0.15, 0.2) is 18.2 Å². The number of nitrogens with one attached hydrogen (secondary N) is 1. The van der Waals surface area contributed by atoms with Gasteiger partial charge in [-0.2, -0.15) is 0 Å². The molecule has 1 aliphatic carbocycles. The Morgan fingerprint density at radius 3 is 2.53 bits per heavy atom. The molecule has 0 heterocycles. The summed E-state index contributed by atoms with van der Waals surface area (Å²) in [7, 11) is 0. The molecule has 0 atom stereocenters. The maximum atomic E-state index is 6.32. The van der Waals surface area contributed by atoms with Gasteiger partial charge < -0.3 is 10.2 Å². The molecule has 0 aliphatic heterocycles. The van der Waals surface area contributed by atoms with Gasteiger partial charge in [-0.15, -0.1) is 0 Å². The van der Waals surface area contributed by atoms with Gasteiger partial charge in [-0.3, -0.25) is 0 Å². The van der Waals surface area contributed by atoms with E-state index in [9.17, 15) is 0 Å². The quantitative estimate of drug-likeness (QED) is 0.835. The number of anilines is 1. The summed E-state index contributed by atoms with van der Waals surface area (Å²) in [5.41, 5.74) is 2.42. The van der Waals surface area contributed by atoms with Crippen LogP contribution in [-0.4, -0.2) is 19.1 Å². The lowest BCUT2D eigenvalue weighted by Gasteiger charge is -2.21. The van der Waals surface area contributed by atoms with Crippen molar-refractivity contribution in [2.24, 2.45) is 0 Å². The van der Waals surface area contributed by atoms with Crippen molar-refractivity contribution in [1.29, 1.82) is 0 Å². The summed E-state index contributed by atoms with van der Waals surface area (Å²) in [5, 5.41) is 4.37. The molecule has 0 amide bonds. The highest BCUT2D eigenvalue weighted by atomic mass is 35.5. The van der Waals surface area contributed by atoms with Crippen LogP contribution in [0.2, 0.25) is 5.02 Å². The molecule has 0 radical (unpaired) electrons. The second-order valence-electron chi connectivity index (χ2n) is 4.60. The van der Waals surface area contributed by atoms with E-state index in [2.05, 4.69) is 42.3 Å². The molecule has 1 fully saturated rings. The Morgan fingerprint density at radius 1 is 1.29 bits per heavy atom. The summed E-state index contributed by atoms with van der Waals surface area (Å²) >= 11 is 6.32. The standard InChI is InChI=1S/C14H21ClN2/c1-3-17(4-2)13-8-5-11(14(15)9-13)10-16-12-6-7-12/h5,8-9,12,16H,3-4,6-7,10H2,1-2H3. The van der Waals surface area contributed by atoms with Crippen molar-refractivity contribution in [2.45, 2.75) is 39.3 Å². The third-order valence-corrected chi connectivity index (χ3v) is 3.68. The van der Waals surface area contributed by atoms with Gasteiger partial charge in [-0.25, -0.2) is 0 Å². The first-order chi connectivity index (χ1) is 8.24. The minimum Gasteiger partial charge on any atom is -0.372 e. The highest BCUT2D eigenvalue weighted by Crippen LogP contribution is 2.25. The maximum Gasteiger partial charge on any atom is 0.0471 e. The van der Waals surface area contributed by atoms with Crippen LogP contribution < -0.4 is 10.2 Å². The van der Waals surface area contributed by atoms with E-state index in [1.807, 2.05) is 0 Å². The van der Waals surface area contributed by atoms with Crippen LogP contribution in [0.1, 0.15) is 32.3 Å². The van der Waals surface area contributed by atoms with Gasteiger partial charge in [0.2, 0.25) is 0 Å². The van der Waals surface area contributed by atoms with Crippen molar-refractivity contribution >= 4 is 17.3 Å². The SMILES string of the molecule is CCN(CC)c1ccc(CNC2CC2)c(Cl)c1. The Kier molecular flexibility index (Phi) is 4.30. The maximum absolute atomic E-state index is 6.32. The topological polar surface area (TPSA) is 15.3 Å². The fraction of sp³-hybridized carbons (Fsp3) is 0.571. The van der Waals surface area contributed by atoms with Crippen LogP contribution in [0.4, 0.5) is 5.69 Å². The molecule has 1 aromatic carbocycles. The summed E-state index contributed by atoms with van der Waals surface area (Å²) in [6.07, 6.45) is 2.63. The average molecular weight is 253 g/mol. The Morgan fingerprint density at radius 2 is 2.00 bits per heavy atom. The molecule has 0 bridgehead atoms. The normalized spacial score (nSPS) is 15.0. The number of halogens is 1. The largest absolute Gasteiger partial charge is 0.372 e. The molecule has 1 saturated carbocycles. The van der Waals surface area contributed by atoms with Crippen molar-refractivity contribution in [3.63, 3.8) is 0 Å². The van der Waals surface area contributed by atoms with Crippen LogP contribution in [0, 0.1) is 0 Å².